The molecule has 3 heteroatoms. The lowest BCUT2D eigenvalue weighted by Crippen LogP contribution is -2.14. The molecule has 1 aromatic carbocycles. The van der Waals surface area contributed by atoms with Crippen molar-refractivity contribution in [3.63, 3.8) is 0 Å². The number of rotatable bonds is 4. The maximum atomic E-state index is 4.35. The summed E-state index contributed by atoms with van der Waals surface area (Å²) in [6.07, 6.45) is 1.84. The van der Waals surface area contributed by atoms with Gasteiger partial charge in [0.2, 0.25) is 0 Å². The highest BCUT2D eigenvalue weighted by Crippen LogP contribution is 2.03. The molecule has 0 saturated carbocycles. The molecule has 0 aliphatic heterocycles. The van der Waals surface area contributed by atoms with E-state index in [-0.39, 0.29) is 12.4 Å². The standard InChI is InChI=1S/C14H16N2.ClH/c1-12-6-5-9-16-14(12)11-15-10-13-7-3-2-4-8-13;/h2-9,15H,10-11H2,1H3;1H. The molecular weight excluding hydrogens is 232 g/mol. The third-order valence-electron chi connectivity index (χ3n) is 2.58. The van der Waals surface area contributed by atoms with Crippen LogP contribution >= 0.6 is 12.4 Å². The molecule has 1 aromatic heterocycles. The SMILES string of the molecule is Cc1cccnc1CNCc1ccccc1.Cl. The fourth-order valence-electron chi connectivity index (χ4n) is 1.62. The molecule has 2 nitrogen and oxygen atoms in total. The van der Waals surface area contributed by atoms with E-state index in [0.717, 1.165) is 18.8 Å². The van der Waals surface area contributed by atoms with Crippen LogP contribution in [0.3, 0.4) is 0 Å². The van der Waals surface area contributed by atoms with Crippen LogP contribution in [-0.2, 0) is 13.1 Å². The van der Waals surface area contributed by atoms with Gasteiger partial charge in [-0.3, -0.25) is 4.98 Å². The molecule has 0 radical (unpaired) electrons. The first kappa shape index (κ1) is 13.7. The van der Waals surface area contributed by atoms with Crippen LogP contribution in [-0.4, -0.2) is 4.98 Å². The van der Waals surface area contributed by atoms with Gasteiger partial charge in [-0.25, -0.2) is 0 Å². The van der Waals surface area contributed by atoms with Gasteiger partial charge in [0.05, 0.1) is 5.69 Å². The highest BCUT2D eigenvalue weighted by atomic mass is 35.5. The molecule has 0 unspecified atom stereocenters. The van der Waals surface area contributed by atoms with Crippen LogP contribution in [0.4, 0.5) is 0 Å². The fraction of sp³-hybridized carbons (Fsp3) is 0.214. The quantitative estimate of drug-likeness (QED) is 0.900. The summed E-state index contributed by atoms with van der Waals surface area (Å²) < 4.78 is 0. The maximum Gasteiger partial charge on any atom is 0.0570 e. The van der Waals surface area contributed by atoms with Gasteiger partial charge in [0.15, 0.2) is 0 Å². The normalized spacial score (nSPS) is 9.71. The highest BCUT2D eigenvalue weighted by molar-refractivity contribution is 5.85. The number of benzene rings is 1. The number of aromatic nitrogens is 1. The van der Waals surface area contributed by atoms with E-state index in [1.165, 1.54) is 11.1 Å². The minimum atomic E-state index is 0. The van der Waals surface area contributed by atoms with Crippen molar-refractivity contribution < 1.29 is 0 Å². The van der Waals surface area contributed by atoms with Crippen molar-refractivity contribution >= 4 is 12.4 Å². The topological polar surface area (TPSA) is 24.9 Å². The number of nitrogens with zero attached hydrogens (tertiary/aromatic N) is 1. The van der Waals surface area contributed by atoms with Gasteiger partial charge in [0.25, 0.3) is 0 Å². The molecule has 2 rings (SSSR count). The van der Waals surface area contributed by atoms with Crippen LogP contribution in [0, 0.1) is 6.92 Å². The third-order valence-corrected chi connectivity index (χ3v) is 2.58. The first-order valence-electron chi connectivity index (χ1n) is 5.51. The number of hydrogen-bond acceptors (Lipinski definition) is 2. The predicted octanol–water partition coefficient (Wildman–Crippen LogP) is 3.10. The van der Waals surface area contributed by atoms with Gasteiger partial charge >= 0.3 is 0 Å². The van der Waals surface area contributed by atoms with Crippen molar-refractivity contribution in [3.8, 4) is 0 Å². The van der Waals surface area contributed by atoms with E-state index < -0.39 is 0 Å². The Balaban J connectivity index is 0.00000144. The van der Waals surface area contributed by atoms with Gasteiger partial charge in [0.1, 0.15) is 0 Å². The molecule has 17 heavy (non-hydrogen) atoms. The Morgan fingerprint density at radius 3 is 2.47 bits per heavy atom. The summed E-state index contributed by atoms with van der Waals surface area (Å²) in [7, 11) is 0. The Morgan fingerprint density at radius 1 is 1.00 bits per heavy atom. The van der Waals surface area contributed by atoms with Crippen LogP contribution in [0.15, 0.2) is 48.7 Å². The minimum absolute atomic E-state index is 0. The molecule has 0 aliphatic carbocycles. The second-order valence-corrected chi connectivity index (χ2v) is 3.86. The summed E-state index contributed by atoms with van der Waals surface area (Å²) in [6, 6.07) is 14.5. The Labute approximate surface area is 109 Å². The summed E-state index contributed by atoms with van der Waals surface area (Å²) in [5.74, 6) is 0. The van der Waals surface area contributed by atoms with Crippen LogP contribution in [0.5, 0.6) is 0 Å². The van der Waals surface area contributed by atoms with Crippen LogP contribution in [0.2, 0.25) is 0 Å². The second-order valence-electron chi connectivity index (χ2n) is 3.86. The molecule has 90 valence electrons. The van der Waals surface area contributed by atoms with E-state index in [1.807, 2.05) is 18.3 Å². The lowest BCUT2D eigenvalue weighted by Gasteiger charge is -2.06. The summed E-state index contributed by atoms with van der Waals surface area (Å²) in [4.78, 5) is 4.35. The monoisotopic (exact) mass is 248 g/mol. The van der Waals surface area contributed by atoms with E-state index in [4.69, 9.17) is 0 Å². The summed E-state index contributed by atoms with van der Waals surface area (Å²) in [5, 5.41) is 3.40. The molecule has 0 atom stereocenters. The van der Waals surface area contributed by atoms with Crippen molar-refractivity contribution in [2.24, 2.45) is 0 Å². The molecule has 0 spiro atoms. The predicted molar refractivity (Wildman–Crippen MR) is 73.2 cm³/mol. The third kappa shape index (κ3) is 4.17. The smallest absolute Gasteiger partial charge is 0.0570 e. The summed E-state index contributed by atoms with van der Waals surface area (Å²) in [6.45, 7) is 3.80. The molecule has 0 amide bonds. The Kier molecular flexibility index (Phi) is 5.67. The van der Waals surface area contributed by atoms with Crippen molar-refractivity contribution in [3.05, 3.63) is 65.5 Å². The zero-order valence-electron chi connectivity index (χ0n) is 9.89. The number of aryl methyl sites for hydroxylation is 1. The van der Waals surface area contributed by atoms with Crippen molar-refractivity contribution in [1.82, 2.24) is 10.3 Å². The maximum absolute atomic E-state index is 4.35. The summed E-state index contributed by atoms with van der Waals surface area (Å²) >= 11 is 0. The Hall–Kier alpha value is -1.38. The van der Waals surface area contributed by atoms with Crippen LogP contribution in [0.1, 0.15) is 16.8 Å². The molecule has 2 aromatic rings. The Morgan fingerprint density at radius 2 is 1.76 bits per heavy atom. The Bertz CT molecular complexity index is 443. The van der Waals surface area contributed by atoms with Gasteiger partial charge in [0, 0.05) is 19.3 Å². The number of halogens is 1. The zero-order valence-corrected chi connectivity index (χ0v) is 10.7. The van der Waals surface area contributed by atoms with Crippen molar-refractivity contribution in [2.45, 2.75) is 20.0 Å². The molecule has 0 fully saturated rings. The fourth-order valence-corrected chi connectivity index (χ4v) is 1.62. The highest BCUT2D eigenvalue weighted by Gasteiger charge is 1.97. The van der Waals surface area contributed by atoms with Gasteiger partial charge < -0.3 is 5.32 Å². The van der Waals surface area contributed by atoms with Crippen LogP contribution < -0.4 is 5.32 Å². The summed E-state index contributed by atoms with van der Waals surface area (Å²) in [5.41, 5.74) is 3.66. The minimum Gasteiger partial charge on any atom is -0.307 e. The van der Waals surface area contributed by atoms with Crippen LogP contribution in [0.25, 0.3) is 0 Å². The molecule has 0 bridgehead atoms. The average Bonchev–Trinajstić information content (AvgIpc) is 2.33. The number of pyridine rings is 1. The molecule has 0 aliphatic rings. The molecule has 1 heterocycles. The zero-order chi connectivity index (χ0) is 11.2. The molecule has 0 saturated heterocycles. The molecular formula is C14H17ClN2. The van der Waals surface area contributed by atoms with E-state index in [1.54, 1.807) is 0 Å². The first-order chi connectivity index (χ1) is 7.86. The first-order valence-corrected chi connectivity index (χ1v) is 5.51. The van der Waals surface area contributed by atoms with E-state index in [9.17, 15) is 0 Å². The second kappa shape index (κ2) is 7.05. The van der Waals surface area contributed by atoms with Crippen molar-refractivity contribution in [2.75, 3.05) is 0 Å². The molecule has 1 N–H and O–H groups in total. The van der Waals surface area contributed by atoms with E-state index >= 15 is 0 Å². The number of hydrogen-bond donors (Lipinski definition) is 1. The van der Waals surface area contributed by atoms with Crippen molar-refractivity contribution in [1.29, 1.82) is 0 Å². The lowest BCUT2D eigenvalue weighted by atomic mass is 10.2. The van der Waals surface area contributed by atoms with Gasteiger partial charge in [-0.15, -0.1) is 12.4 Å². The van der Waals surface area contributed by atoms with E-state index in [2.05, 4.69) is 47.6 Å². The average molecular weight is 249 g/mol. The van der Waals surface area contributed by atoms with E-state index in [0.29, 0.717) is 0 Å². The van der Waals surface area contributed by atoms with Gasteiger partial charge in [-0.05, 0) is 24.1 Å². The largest absolute Gasteiger partial charge is 0.307 e. The van der Waals surface area contributed by atoms with Gasteiger partial charge in [-0.1, -0.05) is 36.4 Å². The lowest BCUT2D eigenvalue weighted by molar-refractivity contribution is 0.676. The van der Waals surface area contributed by atoms with Gasteiger partial charge in [-0.2, -0.15) is 0 Å². The number of nitrogens with one attached hydrogen (secondary N) is 1.